The molecule has 2 atom stereocenters. The highest BCUT2D eigenvalue weighted by Gasteiger charge is 2.46. The summed E-state index contributed by atoms with van der Waals surface area (Å²) in [5, 5.41) is 8.66. The summed E-state index contributed by atoms with van der Waals surface area (Å²) in [5.74, 6) is -0.208. The first kappa shape index (κ1) is 9.02. The summed E-state index contributed by atoms with van der Waals surface area (Å²) < 4.78 is 10.0. The smallest absolute Gasteiger partial charge is 0.335 e. The Balaban J connectivity index is 2.15. The Morgan fingerprint density at radius 3 is 2.93 bits per heavy atom. The van der Waals surface area contributed by atoms with Gasteiger partial charge in [-0.25, -0.2) is 4.79 Å². The zero-order chi connectivity index (χ0) is 10.1. The summed E-state index contributed by atoms with van der Waals surface area (Å²) in [6.07, 6.45) is -1.01. The second kappa shape index (κ2) is 3.31. The maximum atomic E-state index is 10.5. The molecule has 1 fully saturated rings. The third kappa shape index (κ3) is 1.56. The molecule has 0 radical (unpaired) electrons. The first-order valence-electron chi connectivity index (χ1n) is 4.24. The lowest BCUT2D eigenvalue weighted by Crippen LogP contribution is -2.04. The monoisotopic (exact) mass is 194 g/mol. The molecule has 0 bridgehead atoms. The van der Waals surface area contributed by atoms with Crippen molar-refractivity contribution < 1.29 is 19.4 Å². The van der Waals surface area contributed by atoms with Gasteiger partial charge in [0.2, 0.25) is 0 Å². The van der Waals surface area contributed by atoms with Crippen molar-refractivity contribution in [3.05, 3.63) is 29.8 Å². The van der Waals surface area contributed by atoms with E-state index in [1.54, 1.807) is 13.2 Å². The zero-order valence-electron chi connectivity index (χ0n) is 7.64. The minimum atomic E-state index is -0.919. The van der Waals surface area contributed by atoms with E-state index in [1.807, 2.05) is 18.2 Å². The number of carboxylic acids is 1. The van der Waals surface area contributed by atoms with Gasteiger partial charge in [0.15, 0.2) is 6.10 Å². The lowest BCUT2D eigenvalue weighted by molar-refractivity contribution is -0.138. The van der Waals surface area contributed by atoms with E-state index >= 15 is 0 Å². The first-order chi connectivity index (χ1) is 6.72. The minimum Gasteiger partial charge on any atom is -0.497 e. The molecule has 0 spiro atoms. The van der Waals surface area contributed by atoms with Crippen molar-refractivity contribution in [2.24, 2.45) is 0 Å². The molecule has 74 valence electrons. The third-order valence-electron chi connectivity index (χ3n) is 2.16. The summed E-state index contributed by atoms with van der Waals surface area (Å²) >= 11 is 0. The lowest BCUT2D eigenvalue weighted by atomic mass is 10.1. The van der Waals surface area contributed by atoms with Gasteiger partial charge in [-0.2, -0.15) is 0 Å². The first-order valence-corrected chi connectivity index (χ1v) is 4.24. The van der Waals surface area contributed by atoms with Gasteiger partial charge in [-0.15, -0.1) is 0 Å². The van der Waals surface area contributed by atoms with Crippen LogP contribution < -0.4 is 4.74 Å². The lowest BCUT2D eigenvalue weighted by Gasteiger charge is -2.00. The maximum Gasteiger partial charge on any atom is 0.335 e. The van der Waals surface area contributed by atoms with Gasteiger partial charge in [-0.1, -0.05) is 12.1 Å². The van der Waals surface area contributed by atoms with Gasteiger partial charge in [0.1, 0.15) is 11.9 Å². The van der Waals surface area contributed by atoms with E-state index in [0.717, 1.165) is 5.56 Å². The fraction of sp³-hybridized carbons (Fsp3) is 0.300. The number of rotatable bonds is 3. The second-order valence-electron chi connectivity index (χ2n) is 3.09. The number of carboxylic acid groups (broad SMARTS) is 1. The summed E-state index contributed by atoms with van der Waals surface area (Å²) in [6.45, 7) is 0. The third-order valence-corrected chi connectivity index (χ3v) is 2.16. The summed E-state index contributed by atoms with van der Waals surface area (Å²) in [5.41, 5.74) is 0.844. The molecule has 0 aromatic heterocycles. The molecule has 1 heterocycles. The molecule has 14 heavy (non-hydrogen) atoms. The van der Waals surface area contributed by atoms with Gasteiger partial charge >= 0.3 is 5.97 Å². The van der Waals surface area contributed by atoms with E-state index in [9.17, 15) is 4.79 Å². The normalized spacial score (nSPS) is 24.4. The van der Waals surface area contributed by atoms with Crippen molar-refractivity contribution in [3.8, 4) is 5.75 Å². The van der Waals surface area contributed by atoms with E-state index in [0.29, 0.717) is 5.75 Å². The van der Waals surface area contributed by atoms with Crippen molar-refractivity contribution in [2.45, 2.75) is 12.2 Å². The standard InChI is InChI=1S/C10H10O4/c1-13-7-4-2-3-6(5-7)8-9(14-8)10(11)12/h2-5,8-9H,1H3,(H,11,12)/t8-,9-/m0/s1. The SMILES string of the molecule is COc1cccc([C@@H]2O[C@@H]2C(=O)O)c1. The van der Waals surface area contributed by atoms with Crippen LogP contribution in [0.15, 0.2) is 24.3 Å². The van der Waals surface area contributed by atoms with E-state index in [1.165, 1.54) is 0 Å². The minimum absolute atomic E-state index is 0.317. The molecule has 0 amide bonds. The maximum absolute atomic E-state index is 10.5. The molecular formula is C10H10O4. The molecule has 4 nitrogen and oxygen atoms in total. The second-order valence-corrected chi connectivity index (χ2v) is 3.09. The van der Waals surface area contributed by atoms with Crippen molar-refractivity contribution in [1.82, 2.24) is 0 Å². The van der Waals surface area contributed by atoms with Gasteiger partial charge in [0, 0.05) is 0 Å². The Morgan fingerprint density at radius 1 is 1.57 bits per heavy atom. The highest BCUT2D eigenvalue weighted by molar-refractivity contribution is 5.76. The van der Waals surface area contributed by atoms with Crippen LogP contribution in [0.1, 0.15) is 11.7 Å². The number of ether oxygens (including phenoxy) is 2. The molecule has 2 rings (SSSR count). The highest BCUT2D eigenvalue weighted by atomic mass is 16.6. The van der Waals surface area contributed by atoms with Crippen molar-refractivity contribution in [1.29, 1.82) is 0 Å². The molecule has 1 aliphatic rings. The van der Waals surface area contributed by atoms with E-state index < -0.39 is 12.1 Å². The molecule has 1 N–H and O–H groups in total. The van der Waals surface area contributed by atoms with Gasteiger partial charge in [-0.3, -0.25) is 0 Å². The molecule has 1 aliphatic heterocycles. The average molecular weight is 194 g/mol. The van der Waals surface area contributed by atoms with Crippen LogP contribution >= 0.6 is 0 Å². The van der Waals surface area contributed by atoms with Crippen molar-refractivity contribution >= 4 is 5.97 Å². The predicted octanol–water partition coefficient (Wildman–Crippen LogP) is 1.22. The molecule has 0 saturated carbocycles. The van der Waals surface area contributed by atoms with Gasteiger partial charge in [0.05, 0.1) is 7.11 Å². The van der Waals surface area contributed by atoms with Crippen LogP contribution in [0, 0.1) is 0 Å². The molecule has 1 saturated heterocycles. The number of hydrogen-bond acceptors (Lipinski definition) is 3. The Hall–Kier alpha value is -1.55. The number of hydrogen-bond donors (Lipinski definition) is 1. The number of epoxide rings is 1. The Morgan fingerprint density at radius 2 is 2.36 bits per heavy atom. The zero-order valence-corrected chi connectivity index (χ0v) is 7.64. The van der Waals surface area contributed by atoms with Crippen LogP contribution in [0.3, 0.4) is 0 Å². The summed E-state index contributed by atoms with van der Waals surface area (Å²) in [4.78, 5) is 10.5. The van der Waals surface area contributed by atoms with Crippen LogP contribution in [0.25, 0.3) is 0 Å². The molecule has 1 aromatic carbocycles. The predicted molar refractivity (Wildman–Crippen MR) is 48.2 cm³/mol. The number of benzene rings is 1. The molecule has 0 aliphatic carbocycles. The quantitative estimate of drug-likeness (QED) is 0.735. The van der Waals surface area contributed by atoms with Gasteiger partial charge in [0.25, 0.3) is 0 Å². The van der Waals surface area contributed by atoms with Crippen LogP contribution in [0.4, 0.5) is 0 Å². The van der Waals surface area contributed by atoms with E-state index in [2.05, 4.69) is 0 Å². The average Bonchev–Trinajstić information content (AvgIpc) is 2.97. The van der Waals surface area contributed by atoms with Crippen LogP contribution in [-0.4, -0.2) is 24.3 Å². The van der Waals surface area contributed by atoms with Crippen LogP contribution in [-0.2, 0) is 9.53 Å². The summed E-state index contributed by atoms with van der Waals surface area (Å²) in [7, 11) is 1.57. The fourth-order valence-corrected chi connectivity index (χ4v) is 1.37. The Kier molecular flexibility index (Phi) is 2.13. The van der Waals surface area contributed by atoms with Crippen LogP contribution in [0.5, 0.6) is 5.75 Å². The fourth-order valence-electron chi connectivity index (χ4n) is 1.37. The van der Waals surface area contributed by atoms with Crippen LogP contribution in [0.2, 0.25) is 0 Å². The van der Waals surface area contributed by atoms with E-state index in [-0.39, 0.29) is 6.10 Å². The topological polar surface area (TPSA) is 59.1 Å². The van der Waals surface area contributed by atoms with E-state index in [4.69, 9.17) is 14.6 Å². The summed E-state index contributed by atoms with van der Waals surface area (Å²) in [6, 6.07) is 7.24. The molecule has 1 aromatic rings. The molecule has 0 unspecified atom stereocenters. The highest BCUT2D eigenvalue weighted by Crippen LogP contribution is 2.39. The van der Waals surface area contributed by atoms with Gasteiger partial charge < -0.3 is 14.6 Å². The number of aliphatic carboxylic acids is 1. The number of carbonyl (C=O) groups is 1. The largest absolute Gasteiger partial charge is 0.497 e. The van der Waals surface area contributed by atoms with Gasteiger partial charge in [-0.05, 0) is 17.7 Å². The molecular weight excluding hydrogens is 184 g/mol. The molecule has 4 heteroatoms. The van der Waals surface area contributed by atoms with Crippen molar-refractivity contribution in [2.75, 3.05) is 7.11 Å². The number of methoxy groups -OCH3 is 1. The Labute approximate surface area is 81.1 Å². The van der Waals surface area contributed by atoms with Crippen molar-refractivity contribution in [3.63, 3.8) is 0 Å². The Bertz CT molecular complexity index is 361.